The van der Waals surface area contributed by atoms with Crippen molar-refractivity contribution in [3.05, 3.63) is 102 Å². The molecule has 298 valence electrons. The normalized spacial score (nSPS) is 10.3. The van der Waals surface area contributed by atoms with Gasteiger partial charge < -0.3 is 36.2 Å². The average molecular weight is 761 g/mol. The number of nitrogens with one attached hydrogen (secondary N) is 2. The fraction of sp³-hybridized carbons (Fsp3) is 0.341. The molecule has 5 rings (SSSR count). The molecule has 8 N–H and O–H groups in total. The van der Waals surface area contributed by atoms with Crippen LogP contribution in [0.5, 0.6) is 5.75 Å². The zero-order valence-electron chi connectivity index (χ0n) is 33.3. The number of pyridine rings is 1. The van der Waals surface area contributed by atoms with Gasteiger partial charge in [0.1, 0.15) is 18.2 Å². The molecular formula is C41H56N6O8. The van der Waals surface area contributed by atoms with Crippen LogP contribution in [-0.2, 0) is 12.0 Å². The molecule has 0 fully saturated rings. The molecule has 5 aromatic rings. The van der Waals surface area contributed by atoms with E-state index in [-0.39, 0.29) is 11.4 Å². The number of amides is 2. The van der Waals surface area contributed by atoms with Crippen molar-refractivity contribution in [2.24, 2.45) is 11.8 Å². The number of benzene rings is 3. The zero-order valence-corrected chi connectivity index (χ0v) is 33.3. The molecule has 0 aliphatic carbocycles. The number of hydrogen-bond donors (Lipinski definition) is 7. The van der Waals surface area contributed by atoms with Gasteiger partial charge in [0.2, 0.25) is 0 Å². The van der Waals surface area contributed by atoms with Crippen molar-refractivity contribution in [3.63, 3.8) is 0 Å². The van der Waals surface area contributed by atoms with Gasteiger partial charge in [-0.1, -0.05) is 104 Å². The van der Waals surface area contributed by atoms with Crippen LogP contribution in [0.25, 0.3) is 16.5 Å². The van der Waals surface area contributed by atoms with Crippen molar-refractivity contribution in [2.45, 2.75) is 81.3 Å². The quantitative estimate of drug-likeness (QED) is 0.0862. The first-order valence-electron chi connectivity index (χ1n) is 17.5. The number of carbonyl (C=O) groups is 3. The Morgan fingerprint density at radius 2 is 1.33 bits per heavy atom. The van der Waals surface area contributed by atoms with Gasteiger partial charge in [0, 0.05) is 34.0 Å². The van der Waals surface area contributed by atoms with Crippen LogP contribution >= 0.6 is 0 Å². The standard InChI is InChI=1S/C31H32N6O2.2C4H10.2CH2O3/c1-20-9-11-22(12-10-20)37-29(17-28(36-37)31(2,3)4)35-30(38)34-26-13-14-27(24-8-6-5-7-23(24)26)39-19-21-15-16-33-18-25(21)32;2*1-4(2)3;2*2-1(3)4/h5-18H,19,32H2,1-4H3,(H2,34,35,38);2*4H,1-3H3;2*(H2,2,3,4). The number of aryl methyl sites for hydroxylation is 1. The van der Waals surface area contributed by atoms with Gasteiger partial charge >= 0.3 is 18.3 Å². The van der Waals surface area contributed by atoms with Crippen LogP contribution in [0.3, 0.4) is 0 Å². The molecule has 0 unspecified atom stereocenters. The van der Waals surface area contributed by atoms with Crippen molar-refractivity contribution in [1.82, 2.24) is 14.8 Å². The monoisotopic (exact) mass is 760 g/mol. The molecule has 2 aromatic heterocycles. The third kappa shape index (κ3) is 18.3. The Labute approximate surface area is 323 Å². The van der Waals surface area contributed by atoms with Crippen LogP contribution in [0, 0.1) is 18.8 Å². The molecule has 0 spiro atoms. The summed E-state index contributed by atoms with van der Waals surface area (Å²) in [6.45, 7) is 21.6. The molecule has 0 aliphatic rings. The van der Waals surface area contributed by atoms with E-state index in [0.717, 1.165) is 45.1 Å². The van der Waals surface area contributed by atoms with E-state index >= 15 is 0 Å². The first kappa shape index (κ1) is 46.7. The zero-order chi connectivity index (χ0) is 41.9. The number of carboxylic acid groups (broad SMARTS) is 4. The summed E-state index contributed by atoms with van der Waals surface area (Å²) in [7, 11) is 0. The summed E-state index contributed by atoms with van der Waals surface area (Å²) in [5.74, 6) is 2.94. The second-order valence-electron chi connectivity index (χ2n) is 14.5. The van der Waals surface area contributed by atoms with Crippen molar-refractivity contribution in [2.75, 3.05) is 16.4 Å². The van der Waals surface area contributed by atoms with Crippen LogP contribution in [0.1, 0.15) is 79.1 Å². The highest BCUT2D eigenvalue weighted by Crippen LogP contribution is 2.33. The highest BCUT2D eigenvalue weighted by atomic mass is 16.6. The first-order chi connectivity index (χ1) is 25.6. The molecule has 0 saturated heterocycles. The second-order valence-corrected chi connectivity index (χ2v) is 14.5. The lowest BCUT2D eigenvalue weighted by Crippen LogP contribution is -2.21. The maximum atomic E-state index is 13.2. The molecule has 14 heteroatoms. The smallest absolute Gasteiger partial charge is 0.488 e. The Kier molecular flexibility index (Phi) is 19.3. The molecule has 3 aromatic carbocycles. The Hall–Kier alpha value is -6.31. The molecular weight excluding hydrogens is 704 g/mol. The lowest BCUT2D eigenvalue weighted by atomic mass is 9.92. The number of urea groups is 1. The lowest BCUT2D eigenvalue weighted by Gasteiger charge is -2.15. The molecule has 55 heavy (non-hydrogen) atoms. The largest absolute Gasteiger partial charge is 0.503 e. The van der Waals surface area contributed by atoms with Crippen LogP contribution in [0.4, 0.5) is 31.6 Å². The topological polar surface area (TPSA) is 222 Å². The summed E-state index contributed by atoms with van der Waals surface area (Å²) in [5.41, 5.74) is 10.8. The Morgan fingerprint density at radius 1 is 0.800 bits per heavy atom. The van der Waals surface area contributed by atoms with E-state index in [2.05, 4.69) is 77.9 Å². The summed E-state index contributed by atoms with van der Waals surface area (Å²) in [6, 6.07) is 22.9. The van der Waals surface area contributed by atoms with E-state index in [1.807, 2.05) is 79.7 Å². The number of aromatic nitrogens is 3. The van der Waals surface area contributed by atoms with Crippen LogP contribution in [0.2, 0.25) is 0 Å². The van der Waals surface area contributed by atoms with Gasteiger partial charge in [0.15, 0.2) is 0 Å². The minimum atomic E-state index is -1.83. The number of hydrogen-bond acceptors (Lipinski definition) is 7. The Bertz CT molecular complexity index is 1920. The third-order valence-electron chi connectivity index (χ3n) is 6.46. The predicted molar refractivity (Wildman–Crippen MR) is 219 cm³/mol. The van der Waals surface area contributed by atoms with Crippen molar-refractivity contribution in [1.29, 1.82) is 0 Å². The highest BCUT2D eigenvalue weighted by molar-refractivity contribution is 6.07. The molecule has 14 nitrogen and oxygen atoms in total. The fourth-order valence-electron chi connectivity index (χ4n) is 4.22. The van der Waals surface area contributed by atoms with Crippen molar-refractivity contribution in [3.8, 4) is 11.4 Å². The maximum absolute atomic E-state index is 13.2. The van der Waals surface area contributed by atoms with Gasteiger partial charge in [0.25, 0.3) is 0 Å². The summed E-state index contributed by atoms with van der Waals surface area (Å²) in [5, 5.41) is 40.4. The SMILES string of the molecule is CC(C)C.CC(C)C.Cc1ccc(-n2nc(C(C)(C)C)cc2NC(=O)Nc2ccc(OCc3ccncc3N)c3ccccc23)cc1.O=C(O)O.O=C(O)O. The number of ether oxygens (including phenoxy) is 1. The molecule has 0 atom stereocenters. The number of rotatable bonds is 6. The van der Waals surface area contributed by atoms with Crippen LogP contribution in [0.15, 0.2) is 85.2 Å². The van der Waals surface area contributed by atoms with Crippen LogP contribution < -0.4 is 21.1 Å². The van der Waals surface area contributed by atoms with Gasteiger partial charge in [0.05, 0.1) is 29.0 Å². The molecule has 0 bridgehead atoms. The summed E-state index contributed by atoms with van der Waals surface area (Å²) in [4.78, 5) is 34.4. The summed E-state index contributed by atoms with van der Waals surface area (Å²) in [6.07, 6.45) is -0.369. The first-order valence-corrected chi connectivity index (χ1v) is 17.5. The number of fused-ring (bicyclic) bond motifs is 1. The maximum Gasteiger partial charge on any atom is 0.503 e. The van der Waals surface area contributed by atoms with Crippen molar-refractivity contribution >= 4 is 46.3 Å². The van der Waals surface area contributed by atoms with Gasteiger partial charge in [-0.05, 0) is 49.1 Å². The van der Waals surface area contributed by atoms with E-state index in [4.69, 9.17) is 45.6 Å². The molecule has 0 radical (unpaired) electrons. The number of carbonyl (C=O) groups excluding carboxylic acids is 1. The predicted octanol–water partition coefficient (Wildman–Crippen LogP) is 10.6. The number of nitrogens with zero attached hydrogens (tertiary/aromatic N) is 3. The van der Waals surface area contributed by atoms with E-state index in [1.54, 1.807) is 17.1 Å². The Morgan fingerprint density at radius 3 is 1.84 bits per heavy atom. The fourth-order valence-corrected chi connectivity index (χ4v) is 4.22. The molecule has 0 aliphatic heterocycles. The lowest BCUT2D eigenvalue weighted by molar-refractivity contribution is 0.135. The number of anilines is 3. The third-order valence-corrected chi connectivity index (χ3v) is 6.46. The second kappa shape index (κ2) is 22.7. The molecule has 2 amide bonds. The summed E-state index contributed by atoms with van der Waals surface area (Å²) >= 11 is 0. The van der Waals surface area contributed by atoms with Crippen LogP contribution in [-0.4, -0.2) is 53.5 Å². The molecule has 2 heterocycles. The Balaban J connectivity index is 0.000000804. The average Bonchev–Trinajstić information content (AvgIpc) is 3.49. The minimum Gasteiger partial charge on any atom is -0.488 e. The van der Waals surface area contributed by atoms with E-state index < -0.39 is 12.3 Å². The minimum absolute atomic E-state index is 0.185. The highest BCUT2D eigenvalue weighted by Gasteiger charge is 2.22. The molecule has 0 saturated carbocycles. The van der Waals surface area contributed by atoms with E-state index in [9.17, 15) is 4.79 Å². The van der Waals surface area contributed by atoms with Gasteiger partial charge in [-0.3, -0.25) is 10.3 Å². The van der Waals surface area contributed by atoms with Gasteiger partial charge in [-0.15, -0.1) is 0 Å². The number of nitrogens with two attached hydrogens (primary N) is 1. The number of nitrogen functional groups attached to an aromatic ring is 1. The van der Waals surface area contributed by atoms with Gasteiger partial charge in [-0.2, -0.15) is 5.10 Å². The van der Waals surface area contributed by atoms with Gasteiger partial charge in [-0.25, -0.2) is 19.1 Å². The van der Waals surface area contributed by atoms with E-state index in [1.165, 1.54) is 0 Å². The summed E-state index contributed by atoms with van der Waals surface area (Å²) < 4.78 is 7.87. The van der Waals surface area contributed by atoms with Crippen molar-refractivity contribution < 1.29 is 39.5 Å². The van der Waals surface area contributed by atoms with E-state index in [0.29, 0.717) is 29.5 Å².